The molecule has 21 heavy (non-hydrogen) atoms. The Morgan fingerprint density at radius 2 is 1.48 bits per heavy atom. The van der Waals surface area contributed by atoms with Gasteiger partial charge in [-0.3, -0.25) is 4.98 Å². The highest BCUT2D eigenvalue weighted by Gasteiger charge is 2.07. The van der Waals surface area contributed by atoms with E-state index in [0.29, 0.717) is 0 Å². The summed E-state index contributed by atoms with van der Waals surface area (Å²) >= 11 is 0. The van der Waals surface area contributed by atoms with Gasteiger partial charge in [-0.15, -0.1) is 0 Å². The van der Waals surface area contributed by atoms with Gasteiger partial charge in [0, 0.05) is 33.4 Å². The van der Waals surface area contributed by atoms with Crippen LogP contribution in [0.2, 0.25) is 0 Å². The number of hydrogen-bond acceptors (Lipinski definition) is 1. The average molecular weight is 270 g/mol. The highest BCUT2D eigenvalue weighted by Crippen LogP contribution is 2.30. The predicted octanol–water partition coefficient (Wildman–Crippen LogP) is 4.99. The minimum Gasteiger partial charge on any atom is -0.354 e. The number of rotatable bonds is 0. The number of H-pyrrole nitrogens is 1. The quantitative estimate of drug-likeness (QED) is 0.479. The van der Waals surface area contributed by atoms with Gasteiger partial charge < -0.3 is 4.98 Å². The molecule has 4 rings (SSSR count). The molecule has 2 heterocycles. The van der Waals surface area contributed by atoms with Crippen molar-refractivity contribution in [2.75, 3.05) is 0 Å². The van der Waals surface area contributed by atoms with Crippen LogP contribution >= 0.6 is 0 Å². The van der Waals surface area contributed by atoms with Crippen molar-refractivity contribution in [3.8, 4) is 0 Å². The Morgan fingerprint density at radius 1 is 0.667 bits per heavy atom. The van der Waals surface area contributed by atoms with Crippen LogP contribution in [-0.2, 0) is 0 Å². The number of nitrogens with zero attached hydrogens (tertiary/aromatic N) is 1. The summed E-state index contributed by atoms with van der Waals surface area (Å²) in [7, 11) is 0. The third-order valence-corrected chi connectivity index (χ3v) is 3.68. The Bertz CT molecular complexity index is 998. The lowest BCUT2D eigenvalue weighted by Crippen LogP contribution is -1.76. The first kappa shape index (κ1) is 11.9. The third-order valence-electron chi connectivity index (χ3n) is 3.68. The van der Waals surface area contributed by atoms with Gasteiger partial charge in [0.1, 0.15) is 0 Å². The monoisotopic (exact) mass is 270 g/mol. The van der Waals surface area contributed by atoms with E-state index in [1.54, 1.807) is 0 Å². The number of aromatic amines is 1. The first-order valence-corrected chi connectivity index (χ1v) is 7.01. The third kappa shape index (κ3) is 2.01. The molecule has 0 radical (unpaired) electrons. The van der Waals surface area contributed by atoms with Gasteiger partial charge in [0.25, 0.3) is 0 Å². The number of fused-ring (bicyclic) bond motifs is 5. The molecule has 2 aromatic heterocycles. The number of para-hydroxylation sites is 1. The van der Waals surface area contributed by atoms with Crippen LogP contribution in [0.25, 0.3) is 32.7 Å². The molecule has 0 amide bonds. The van der Waals surface area contributed by atoms with E-state index in [9.17, 15) is 0 Å². The van der Waals surface area contributed by atoms with Crippen LogP contribution in [0.4, 0.5) is 0 Å². The number of nitrogens with one attached hydrogen (secondary N) is 1. The van der Waals surface area contributed by atoms with E-state index in [0.717, 1.165) is 21.9 Å². The van der Waals surface area contributed by atoms with E-state index in [2.05, 4.69) is 46.4 Å². The Balaban J connectivity index is 2.27. The first-order chi connectivity index (χ1) is 10.4. The Hall–Kier alpha value is -2.87. The van der Waals surface area contributed by atoms with Crippen LogP contribution < -0.4 is 0 Å². The molecular formula is C19H14N2. The molecule has 0 saturated carbocycles. The minimum absolute atomic E-state index is 1.01. The van der Waals surface area contributed by atoms with Gasteiger partial charge in [-0.25, -0.2) is 0 Å². The van der Waals surface area contributed by atoms with E-state index >= 15 is 0 Å². The molecule has 100 valence electrons. The van der Waals surface area contributed by atoms with E-state index in [-0.39, 0.29) is 0 Å². The van der Waals surface area contributed by atoms with Crippen LogP contribution in [0.3, 0.4) is 0 Å². The van der Waals surface area contributed by atoms with Crippen LogP contribution in [0.1, 0.15) is 0 Å². The number of aromatic nitrogens is 2. The Labute approximate surface area is 122 Å². The Morgan fingerprint density at radius 3 is 2.48 bits per heavy atom. The van der Waals surface area contributed by atoms with Crippen LogP contribution in [0.5, 0.6) is 0 Å². The van der Waals surface area contributed by atoms with Gasteiger partial charge in [0.2, 0.25) is 0 Å². The fourth-order valence-corrected chi connectivity index (χ4v) is 2.73. The second-order valence-electron chi connectivity index (χ2n) is 5.00. The zero-order chi connectivity index (χ0) is 14.1. The van der Waals surface area contributed by atoms with Crippen molar-refractivity contribution in [3.63, 3.8) is 0 Å². The summed E-state index contributed by atoms with van der Waals surface area (Å²) in [5.41, 5.74) is 3.28. The average Bonchev–Trinajstić information content (AvgIpc) is 2.90. The summed E-state index contributed by atoms with van der Waals surface area (Å²) in [5, 5.41) is 3.52. The predicted molar refractivity (Wildman–Crippen MR) is 88.7 cm³/mol. The molecule has 0 aliphatic rings. The summed E-state index contributed by atoms with van der Waals surface area (Å²) in [6, 6.07) is 24.7. The maximum Gasteiger partial charge on any atom is 0.0801 e. The van der Waals surface area contributed by atoms with E-state index in [1.807, 2.05) is 42.6 Å². The second kappa shape index (κ2) is 4.91. The van der Waals surface area contributed by atoms with Crippen molar-refractivity contribution in [2.45, 2.75) is 0 Å². The zero-order valence-corrected chi connectivity index (χ0v) is 11.5. The van der Waals surface area contributed by atoms with Crippen molar-refractivity contribution in [1.29, 1.82) is 0 Å². The van der Waals surface area contributed by atoms with Crippen molar-refractivity contribution in [3.05, 3.63) is 79.0 Å². The molecule has 0 aliphatic heterocycles. The van der Waals surface area contributed by atoms with E-state index in [4.69, 9.17) is 0 Å². The lowest BCUT2D eigenvalue weighted by atomic mass is 10.1. The molecule has 0 atom stereocenters. The largest absolute Gasteiger partial charge is 0.354 e. The van der Waals surface area contributed by atoms with Gasteiger partial charge in [-0.05, 0) is 18.2 Å². The fraction of sp³-hybridized carbons (Fsp3) is 0. The molecule has 0 bridgehead atoms. The van der Waals surface area contributed by atoms with Crippen LogP contribution in [0, 0.1) is 0 Å². The zero-order valence-electron chi connectivity index (χ0n) is 11.5. The van der Waals surface area contributed by atoms with E-state index < -0.39 is 0 Å². The molecule has 2 nitrogen and oxygen atoms in total. The fourth-order valence-electron chi connectivity index (χ4n) is 2.73. The van der Waals surface area contributed by atoms with Gasteiger partial charge in [0.15, 0.2) is 0 Å². The minimum atomic E-state index is 1.01. The van der Waals surface area contributed by atoms with Crippen molar-refractivity contribution in [2.24, 2.45) is 0 Å². The molecule has 0 fully saturated rings. The van der Waals surface area contributed by atoms with Crippen molar-refractivity contribution in [1.82, 2.24) is 9.97 Å². The summed E-state index contributed by atoms with van der Waals surface area (Å²) < 4.78 is 0. The maximum atomic E-state index is 4.68. The van der Waals surface area contributed by atoms with Gasteiger partial charge >= 0.3 is 0 Å². The summed E-state index contributed by atoms with van der Waals surface area (Å²) in [6.07, 6.45) is 1.85. The highest BCUT2D eigenvalue weighted by molar-refractivity contribution is 6.18. The Kier molecular flexibility index (Phi) is 2.79. The number of hydrogen-bond donors (Lipinski definition) is 1. The molecule has 0 saturated heterocycles. The molecule has 0 aliphatic carbocycles. The molecule has 0 spiro atoms. The summed E-state index contributed by atoms with van der Waals surface area (Å²) in [5.74, 6) is 0. The van der Waals surface area contributed by atoms with Crippen LogP contribution in [0.15, 0.2) is 79.0 Å². The normalized spacial score (nSPS) is 10.9. The van der Waals surface area contributed by atoms with Gasteiger partial charge in [-0.2, -0.15) is 0 Å². The van der Waals surface area contributed by atoms with Gasteiger partial charge in [-0.1, -0.05) is 54.6 Å². The molecule has 2 heteroatoms. The van der Waals surface area contributed by atoms with Crippen molar-refractivity contribution < 1.29 is 0 Å². The highest BCUT2D eigenvalue weighted by atomic mass is 14.7. The maximum absolute atomic E-state index is 4.68. The molecule has 0 unspecified atom stereocenters. The summed E-state index contributed by atoms with van der Waals surface area (Å²) in [6.45, 7) is 0. The number of benzene rings is 2. The lowest BCUT2D eigenvalue weighted by molar-refractivity contribution is 1.44. The van der Waals surface area contributed by atoms with Crippen LogP contribution in [-0.4, -0.2) is 9.97 Å². The molecular weight excluding hydrogens is 256 g/mol. The molecule has 1 N–H and O–H groups in total. The topological polar surface area (TPSA) is 28.7 Å². The van der Waals surface area contributed by atoms with Gasteiger partial charge in [0.05, 0.1) is 5.52 Å². The molecule has 2 aromatic carbocycles. The molecule has 4 aromatic rings. The smallest absolute Gasteiger partial charge is 0.0801 e. The van der Waals surface area contributed by atoms with E-state index in [1.165, 1.54) is 10.8 Å². The standard InChI is InChI=1S/C19H14N2/c1-2-4-8-14-11-12-17-18(19(14)20-13-7-3-1)15-9-5-6-10-16(15)21-17/h1-13,21H. The SMILES string of the molecule is c1cccnc2c(ccc1)ccc1[nH]c3ccccc3c12. The summed E-state index contributed by atoms with van der Waals surface area (Å²) in [4.78, 5) is 8.14. The first-order valence-electron chi connectivity index (χ1n) is 7.01. The second-order valence-corrected chi connectivity index (χ2v) is 5.00. The lowest BCUT2D eigenvalue weighted by Gasteiger charge is -1.96. The van der Waals surface area contributed by atoms with Crippen molar-refractivity contribution >= 4 is 32.7 Å².